The molecule has 1 aromatic heterocycles. The Morgan fingerprint density at radius 1 is 1.03 bits per heavy atom. The third kappa shape index (κ3) is 3.50. The van der Waals surface area contributed by atoms with Crippen molar-refractivity contribution in [3.8, 4) is 22.5 Å². The number of aromatic nitrogens is 2. The minimum absolute atomic E-state index is 0.131. The number of likely N-dealkylation sites (tertiary alicyclic amines) is 1. The fourth-order valence-corrected chi connectivity index (χ4v) is 4.41. The van der Waals surface area contributed by atoms with Crippen LogP contribution in [-0.2, 0) is 0 Å². The highest BCUT2D eigenvalue weighted by Crippen LogP contribution is 2.30. The van der Waals surface area contributed by atoms with Gasteiger partial charge < -0.3 is 4.90 Å². The topological polar surface area (TPSA) is 49.0 Å². The molecule has 0 saturated carbocycles. The summed E-state index contributed by atoms with van der Waals surface area (Å²) >= 11 is 0. The van der Waals surface area contributed by atoms with Crippen LogP contribution in [0.4, 0.5) is 0 Å². The van der Waals surface area contributed by atoms with Crippen molar-refractivity contribution in [3.05, 3.63) is 78.4 Å². The third-order valence-electron chi connectivity index (χ3n) is 6.03. The van der Waals surface area contributed by atoms with E-state index in [9.17, 15) is 4.79 Å². The summed E-state index contributed by atoms with van der Waals surface area (Å²) in [5, 5.41) is 10.1. The highest BCUT2D eigenvalue weighted by Gasteiger charge is 2.22. The number of nitrogens with zero attached hydrogens (tertiary/aromatic N) is 2. The minimum atomic E-state index is 0.131. The monoisotopic (exact) mass is 395 g/mol. The molecule has 4 aromatic rings. The quantitative estimate of drug-likeness (QED) is 0.479. The number of rotatable bonds is 3. The van der Waals surface area contributed by atoms with Gasteiger partial charge in [0.1, 0.15) is 0 Å². The van der Waals surface area contributed by atoms with Crippen molar-refractivity contribution in [2.24, 2.45) is 5.92 Å². The molecule has 1 aliphatic rings. The van der Waals surface area contributed by atoms with Gasteiger partial charge in [-0.15, -0.1) is 0 Å². The van der Waals surface area contributed by atoms with Crippen molar-refractivity contribution in [1.82, 2.24) is 15.1 Å². The molecular formula is C26H25N3O. The van der Waals surface area contributed by atoms with E-state index in [0.717, 1.165) is 47.6 Å². The van der Waals surface area contributed by atoms with E-state index in [1.54, 1.807) is 0 Å². The lowest BCUT2D eigenvalue weighted by Crippen LogP contribution is -2.39. The Balaban J connectivity index is 1.39. The molecule has 1 fully saturated rings. The van der Waals surface area contributed by atoms with E-state index in [0.29, 0.717) is 5.92 Å². The molecule has 5 rings (SSSR count). The molecule has 150 valence electrons. The molecule has 0 radical (unpaired) electrons. The number of aromatic amines is 1. The lowest BCUT2D eigenvalue weighted by Gasteiger charge is -2.31. The van der Waals surface area contributed by atoms with E-state index in [4.69, 9.17) is 0 Å². The van der Waals surface area contributed by atoms with Crippen LogP contribution < -0.4 is 0 Å². The Morgan fingerprint density at radius 2 is 1.83 bits per heavy atom. The Hall–Kier alpha value is -3.40. The lowest BCUT2D eigenvalue weighted by atomic mass is 9.99. The first-order valence-corrected chi connectivity index (χ1v) is 10.6. The summed E-state index contributed by atoms with van der Waals surface area (Å²) in [4.78, 5) is 14.8. The van der Waals surface area contributed by atoms with Gasteiger partial charge in [-0.05, 0) is 47.7 Å². The molecule has 4 heteroatoms. The fourth-order valence-electron chi connectivity index (χ4n) is 4.41. The van der Waals surface area contributed by atoms with Crippen LogP contribution in [0.3, 0.4) is 0 Å². The number of H-pyrrole nitrogens is 1. The van der Waals surface area contributed by atoms with Crippen LogP contribution >= 0.6 is 0 Å². The first-order chi connectivity index (χ1) is 14.7. The first kappa shape index (κ1) is 18.6. The van der Waals surface area contributed by atoms with Gasteiger partial charge in [0, 0.05) is 29.8 Å². The first-order valence-electron chi connectivity index (χ1n) is 10.6. The zero-order valence-electron chi connectivity index (χ0n) is 17.1. The molecule has 0 spiro atoms. The number of hydrogen-bond acceptors (Lipinski definition) is 2. The Morgan fingerprint density at radius 3 is 2.67 bits per heavy atom. The van der Waals surface area contributed by atoms with Crippen LogP contribution in [0.1, 0.15) is 30.1 Å². The second-order valence-electron chi connectivity index (χ2n) is 8.27. The van der Waals surface area contributed by atoms with Crippen LogP contribution in [0.25, 0.3) is 33.3 Å². The number of carbonyl (C=O) groups excluding carboxylic acids is 1. The van der Waals surface area contributed by atoms with Gasteiger partial charge in [0.2, 0.25) is 0 Å². The molecule has 3 aromatic carbocycles. The van der Waals surface area contributed by atoms with Crippen LogP contribution in [0, 0.1) is 5.92 Å². The average Bonchev–Trinajstić information content (AvgIpc) is 3.28. The molecule has 30 heavy (non-hydrogen) atoms. The SMILES string of the molecule is C[C@@H]1CCCN(C(=O)c2ccc(-c3cc(-c4cccc5ccccc45)[nH]n3)cc2)C1. The second-order valence-corrected chi connectivity index (χ2v) is 8.27. The molecule has 2 heterocycles. The number of carbonyl (C=O) groups is 1. The predicted molar refractivity (Wildman–Crippen MR) is 121 cm³/mol. The van der Waals surface area contributed by atoms with Gasteiger partial charge in [-0.3, -0.25) is 9.89 Å². The molecule has 0 aliphatic carbocycles. The molecule has 4 nitrogen and oxygen atoms in total. The highest BCUT2D eigenvalue weighted by atomic mass is 16.2. The molecule has 1 saturated heterocycles. The zero-order valence-corrected chi connectivity index (χ0v) is 17.1. The van der Waals surface area contributed by atoms with Crippen molar-refractivity contribution in [2.45, 2.75) is 19.8 Å². The molecule has 0 unspecified atom stereocenters. The maximum Gasteiger partial charge on any atom is 0.253 e. The molecule has 1 aliphatic heterocycles. The number of amides is 1. The number of hydrogen-bond donors (Lipinski definition) is 1. The summed E-state index contributed by atoms with van der Waals surface area (Å²) in [5.41, 5.74) is 4.75. The summed E-state index contributed by atoms with van der Waals surface area (Å²) in [6, 6.07) is 24.6. The highest BCUT2D eigenvalue weighted by molar-refractivity contribution is 5.96. The van der Waals surface area contributed by atoms with E-state index in [-0.39, 0.29) is 5.91 Å². The average molecular weight is 396 g/mol. The molecule has 1 amide bonds. The van der Waals surface area contributed by atoms with Crippen molar-refractivity contribution in [1.29, 1.82) is 0 Å². The predicted octanol–water partition coefficient (Wildman–Crippen LogP) is 5.77. The Bertz CT molecular complexity index is 1190. The summed E-state index contributed by atoms with van der Waals surface area (Å²) in [6.07, 6.45) is 2.30. The standard InChI is InChI=1S/C26H25N3O/c1-18-6-5-15-29(17-18)26(30)21-13-11-20(12-14-21)24-16-25(28-27-24)23-10-4-8-19-7-2-3-9-22(19)23/h2-4,7-14,16,18H,5-6,15,17H2,1H3,(H,27,28)/t18-/m1/s1. The van der Waals surface area contributed by atoms with Crippen LogP contribution in [0.2, 0.25) is 0 Å². The van der Waals surface area contributed by atoms with E-state index in [1.165, 1.54) is 17.2 Å². The van der Waals surface area contributed by atoms with E-state index >= 15 is 0 Å². The largest absolute Gasteiger partial charge is 0.338 e. The van der Waals surface area contributed by atoms with Crippen LogP contribution in [0.5, 0.6) is 0 Å². The van der Waals surface area contributed by atoms with Crippen molar-refractivity contribution >= 4 is 16.7 Å². The summed E-state index contributed by atoms with van der Waals surface area (Å²) in [5.74, 6) is 0.713. The zero-order chi connectivity index (χ0) is 20.5. The lowest BCUT2D eigenvalue weighted by molar-refractivity contribution is 0.0683. The van der Waals surface area contributed by atoms with Crippen molar-refractivity contribution < 1.29 is 4.79 Å². The number of piperidine rings is 1. The summed E-state index contributed by atoms with van der Waals surface area (Å²) < 4.78 is 0. The molecule has 1 atom stereocenters. The Kier molecular flexibility index (Phi) is 4.83. The van der Waals surface area contributed by atoms with Gasteiger partial charge in [-0.1, -0.05) is 61.5 Å². The minimum Gasteiger partial charge on any atom is -0.338 e. The number of benzene rings is 3. The summed E-state index contributed by atoms with van der Waals surface area (Å²) in [7, 11) is 0. The second kappa shape index (κ2) is 7.79. The summed E-state index contributed by atoms with van der Waals surface area (Å²) in [6.45, 7) is 3.93. The van der Waals surface area contributed by atoms with Gasteiger partial charge >= 0.3 is 0 Å². The van der Waals surface area contributed by atoms with Crippen molar-refractivity contribution in [2.75, 3.05) is 13.1 Å². The maximum atomic E-state index is 12.8. The Labute approximate surface area is 176 Å². The fraction of sp³-hybridized carbons (Fsp3) is 0.231. The van der Waals surface area contributed by atoms with Crippen LogP contribution in [0.15, 0.2) is 72.8 Å². The normalized spacial score (nSPS) is 16.7. The van der Waals surface area contributed by atoms with Crippen LogP contribution in [-0.4, -0.2) is 34.1 Å². The van der Waals surface area contributed by atoms with Gasteiger partial charge in [-0.25, -0.2) is 0 Å². The molecular weight excluding hydrogens is 370 g/mol. The van der Waals surface area contributed by atoms with Gasteiger partial charge in [-0.2, -0.15) is 5.10 Å². The van der Waals surface area contributed by atoms with E-state index < -0.39 is 0 Å². The van der Waals surface area contributed by atoms with E-state index in [1.807, 2.05) is 29.2 Å². The number of nitrogens with one attached hydrogen (secondary N) is 1. The number of fused-ring (bicyclic) bond motifs is 1. The third-order valence-corrected chi connectivity index (χ3v) is 6.03. The maximum absolute atomic E-state index is 12.8. The van der Waals surface area contributed by atoms with Gasteiger partial charge in [0.05, 0.1) is 11.4 Å². The van der Waals surface area contributed by atoms with Crippen molar-refractivity contribution in [3.63, 3.8) is 0 Å². The molecule has 1 N–H and O–H groups in total. The van der Waals surface area contributed by atoms with E-state index in [2.05, 4.69) is 65.7 Å². The smallest absolute Gasteiger partial charge is 0.253 e. The van der Waals surface area contributed by atoms with Gasteiger partial charge in [0.25, 0.3) is 5.91 Å². The molecule has 0 bridgehead atoms. The van der Waals surface area contributed by atoms with Gasteiger partial charge in [0.15, 0.2) is 0 Å².